The lowest BCUT2D eigenvalue weighted by atomic mass is 10.1. The van der Waals surface area contributed by atoms with E-state index in [1.807, 2.05) is 11.6 Å². The molecule has 0 aliphatic heterocycles. The quantitative estimate of drug-likeness (QED) is 0.695. The number of nitrogens with zero attached hydrogens (tertiary/aromatic N) is 3. The first-order valence-electron chi connectivity index (χ1n) is 8.86. The first-order chi connectivity index (χ1) is 12.9. The summed E-state index contributed by atoms with van der Waals surface area (Å²) < 4.78 is 1.84. The summed E-state index contributed by atoms with van der Waals surface area (Å²) in [4.78, 5) is 28.3. The molecule has 0 saturated carbocycles. The maximum absolute atomic E-state index is 12.9. The fourth-order valence-electron chi connectivity index (χ4n) is 2.96. The Morgan fingerprint density at radius 2 is 2.07 bits per heavy atom. The summed E-state index contributed by atoms with van der Waals surface area (Å²) in [5.41, 5.74) is 3.10. The maximum Gasteiger partial charge on any atom is 0.307 e. The van der Waals surface area contributed by atoms with Gasteiger partial charge in [0.2, 0.25) is 0 Å². The summed E-state index contributed by atoms with van der Waals surface area (Å²) in [5, 5.41) is 16.9. The second kappa shape index (κ2) is 7.57. The molecule has 0 aliphatic rings. The first-order valence-corrected chi connectivity index (χ1v) is 8.86. The zero-order valence-corrected chi connectivity index (χ0v) is 15.6. The molecule has 0 aliphatic carbocycles. The zero-order chi connectivity index (χ0) is 19.6. The summed E-state index contributed by atoms with van der Waals surface area (Å²) in [6, 6.07) is 8.76. The summed E-state index contributed by atoms with van der Waals surface area (Å²) in [5.74, 6) is -1.19. The van der Waals surface area contributed by atoms with E-state index in [9.17, 15) is 9.59 Å². The van der Waals surface area contributed by atoms with Crippen LogP contribution >= 0.6 is 0 Å². The SMILES string of the molecule is CCC(C)n1ncc2c(C(=O)Nc3cccc(CC(=O)O)c3)cc(C)nc21. The fourth-order valence-corrected chi connectivity index (χ4v) is 2.96. The van der Waals surface area contributed by atoms with Crippen molar-refractivity contribution < 1.29 is 14.7 Å². The van der Waals surface area contributed by atoms with Gasteiger partial charge in [-0.15, -0.1) is 0 Å². The molecule has 1 atom stereocenters. The zero-order valence-electron chi connectivity index (χ0n) is 15.6. The lowest BCUT2D eigenvalue weighted by Crippen LogP contribution is -2.14. The Labute approximate surface area is 157 Å². The Morgan fingerprint density at radius 3 is 2.78 bits per heavy atom. The highest BCUT2D eigenvalue weighted by Crippen LogP contribution is 2.23. The predicted molar refractivity (Wildman–Crippen MR) is 103 cm³/mol. The van der Waals surface area contributed by atoms with Crippen molar-refractivity contribution in [2.75, 3.05) is 5.32 Å². The molecule has 140 valence electrons. The van der Waals surface area contributed by atoms with Gasteiger partial charge in [0.1, 0.15) is 0 Å². The molecule has 3 aromatic rings. The Bertz CT molecular complexity index is 1010. The number of aromatic nitrogens is 3. The van der Waals surface area contributed by atoms with Crippen LogP contribution < -0.4 is 5.32 Å². The third kappa shape index (κ3) is 3.97. The molecule has 1 aromatic carbocycles. The van der Waals surface area contributed by atoms with Crippen molar-refractivity contribution in [1.82, 2.24) is 14.8 Å². The molecule has 27 heavy (non-hydrogen) atoms. The molecule has 0 bridgehead atoms. The van der Waals surface area contributed by atoms with Gasteiger partial charge in [-0.25, -0.2) is 9.67 Å². The van der Waals surface area contributed by atoms with E-state index in [0.29, 0.717) is 27.8 Å². The van der Waals surface area contributed by atoms with Crippen LogP contribution in [0, 0.1) is 6.92 Å². The number of aliphatic carboxylic acids is 1. The van der Waals surface area contributed by atoms with Crippen LogP contribution in [-0.2, 0) is 11.2 Å². The summed E-state index contributed by atoms with van der Waals surface area (Å²) in [6.45, 7) is 5.98. The van der Waals surface area contributed by atoms with Gasteiger partial charge < -0.3 is 10.4 Å². The first kappa shape index (κ1) is 18.6. The molecular weight excluding hydrogens is 344 g/mol. The van der Waals surface area contributed by atoms with Crippen molar-refractivity contribution in [3.8, 4) is 0 Å². The Morgan fingerprint density at radius 1 is 1.30 bits per heavy atom. The van der Waals surface area contributed by atoms with Gasteiger partial charge >= 0.3 is 5.97 Å². The summed E-state index contributed by atoms with van der Waals surface area (Å²) in [6.07, 6.45) is 2.48. The second-order valence-corrected chi connectivity index (χ2v) is 6.62. The molecule has 2 aromatic heterocycles. The van der Waals surface area contributed by atoms with Gasteiger partial charge in [0.15, 0.2) is 5.65 Å². The number of benzene rings is 1. The molecule has 2 heterocycles. The minimum Gasteiger partial charge on any atom is -0.481 e. The molecule has 0 spiro atoms. The standard InChI is InChI=1S/C20H22N4O3/c1-4-13(3)24-19-17(11-21-24)16(8-12(2)22-19)20(27)23-15-7-5-6-14(9-15)10-18(25)26/h5-9,11,13H,4,10H2,1-3H3,(H,23,27)(H,25,26). The number of amides is 1. The van der Waals surface area contributed by atoms with E-state index >= 15 is 0 Å². The van der Waals surface area contributed by atoms with E-state index < -0.39 is 5.97 Å². The Hall–Kier alpha value is -3.22. The van der Waals surface area contributed by atoms with Gasteiger partial charge in [0.25, 0.3) is 5.91 Å². The molecule has 0 radical (unpaired) electrons. The highest BCUT2D eigenvalue weighted by molar-refractivity contribution is 6.12. The normalized spacial score (nSPS) is 12.1. The number of fused-ring (bicyclic) bond motifs is 1. The minimum atomic E-state index is -0.914. The number of hydrogen-bond donors (Lipinski definition) is 2. The number of carboxylic acids is 1. The Balaban J connectivity index is 1.94. The van der Waals surface area contributed by atoms with E-state index in [4.69, 9.17) is 5.11 Å². The van der Waals surface area contributed by atoms with Crippen molar-refractivity contribution in [2.45, 2.75) is 39.7 Å². The van der Waals surface area contributed by atoms with Gasteiger partial charge in [0, 0.05) is 11.4 Å². The number of anilines is 1. The third-order valence-corrected chi connectivity index (χ3v) is 4.49. The molecule has 1 unspecified atom stereocenters. The van der Waals surface area contributed by atoms with E-state index in [2.05, 4.69) is 29.2 Å². The van der Waals surface area contributed by atoms with E-state index in [-0.39, 0.29) is 18.4 Å². The molecule has 7 nitrogen and oxygen atoms in total. The van der Waals surface area contributed by atoms with Gasteiger partial charge in [-0.3, -0.25) is 9.59 Å². The molecule has 0 saturated heterocycles. The minimum absolute atomic E-state index is 0.0933. The number of nitrogens with one attached hydrogen (secondary N) is 1. The largest absolute Gasteiger partial charge is 0.481 e. The fraction of sp³-hybridized carbons (Fsp3) is 0.300. The van der Waals surface area contributed by atoms with Crippen molar-refractivity contribution in [3.05, 3.63) is 53.3 Å². The average molecular weight is 366 g/mol. The molecule has 7 heteroatoms. The van der Waals surface area contributed by atoms with Gasteiger partial charge in [0.05, 0.1) is 29.6 Å². The van der Waals surface area contributed by atoms with E-state index in [0.717, 1.165) is 12.1 Å². The maximum atomic E-state index is 12.9. The molecule has 3 rings (SSSR count). The lowest BCUT2D eigenvalue weighted by Gasteiger charge is -2.12. The molecular formula is C20H22N4O3. The van der Waals surface area contributed by atoms with Crippen LogP contribution in [0.3, 0.4) is 0 Å². The summed E-state index contributed by atoms with van der Waals surface area (Å²) in [7, 11) is 0. The van der Waals surface area contributed by atoms with Crippen LogP contribution in [0.2, 0.25) is 0 Å². The average Bonchev–Trinajstić information content (AvgIpc) is 3.03. The van der Waals surface area contributed by atoms with Crippen molar-refractivity contribution in [1.29, 1.82) is 0 Å². The topological polar surface area (TPSA) is 97.1 Å². The van der Waals surface area contributed by atoms with Gasteiger partial charge in [-0.05, 0) is 44.0 Å². The molecule has 1 amide bonds. The number of carbonyl (C=O) groups is 2. The van der Waals surface area contributed by atoms with Crippen LogP contribution in [0.25, 0.3) is 11.0 Å². The van der Waals surface area contributed by atoms with Crippen molar-refractivity contribution >= 4 is 28.6 Å². The van der Waals surface area contributed by atoms with E-state index in [1.54, 1.807) is 36.5 Å². The van der Waals surface area contributed by atoms with Gasteiger partial charge in [-0.1, -0.05) is 19.1 Å². The van der Waals surface area contributed by atoms with Crippen molar-refractivity contribution in [2.24, 2.45) is 0 Å². The predicted octanol–water partition coefficient (Wildman–Crippen LogP) is 3.59. The lowest BCUT2D eigenvalue weighted by molar-refractivity contribution is -0.136. The highest BCUT2D eigenvalue weighted by atomic mass is 16.4. The smallest absolute Gasteiger partial charge is 0.307 e. The number of hydrogen-bond acceptors (Lipinski definition) is 4. The van der Waals surface area contributed by atoms with Gasteiger partial charge in [-0.2, -0.15) is 5.10 Å². The third-order valence-electron chi connectivity index (χ3n) is 4.49. The van der Waals surface area contributed by atoms with Crippen LogP contribution in [0.4, 0.5) is 5.69 Å². The molecule has 0 fully saturated rings. The Kier molecular flexibility index (Phi) is 5.21. The van der Waals surface area contributed by atoms with Crippen LogP contribution in [0.5, 0.6) is 0 Å². The number of carbonyl (C=O) groups excluding carboxylic acids is 1. The van der Waals surface area contributed by atoms with Crippen LogP contribution in [0.15, 0.2) is 36.5 Å². The highest BCUT2D eigenvalue weighted by Gasteiger charge is 2.18. The van der Waals surface area contributed by atoms with Crippen LogP contribution in [0.1, 0.15) is 47.9 Å². The summed E-state index contributed by atoms with van der Waals surface area (Å²) >= 11 is 0. The number of aryl methyl sites for hydroxylation is 1. The van der Waals surface area contributed by atoms with Crippen molar-refractivity contribution in [3.63, 3.8) is 0 Å². The second-order valence-electron chi connectivity index (χ2n) is 6.62. The van der Waals surface area contributed by atoms with E-state index in [1.165, 1.54) is 0 Å². The number of rotatable bonds is 6. The monoisotopic (exact) mass is 366 g/mol. The number of carboxylic acid groups (broad SMARTS) is 1. The number of pyridine rings is 1. The molecule has 2 N–H and O–H groups in total. The van der Waals surface area contributed by atoms with Crippen LogP contribution in [-0.4, -0.2) is 31.7 Å².